The molecule has 0 saturated heterocycles. The Morgan fingerprint density at radius 3 is 2.13 bits per heavy atom. The second-order valence-corrected chi connectivity index (χ2v) is 7.07. The molecule has 152 valence electrons. The third-order valence-corrected chi connectivity index (χ3v) is 5.03. The molecule has 0 amide bonds. The zero-order valence-corrected chi connectivity index (χ0v) is 22.4. The van der Waals surface area contributed by atoms with Crippen molar-refractivity contribution >= 4 is 21.7 Å². The molecule has 0 saturated carbocycles. The molecule has 0 aliphatic heterocycles. The Morgan fingerprint density at radius 1 is 0.833 bits per heavy atom. The van der Waals surface area contributed by atoms with E-state index in [1.807, 2.05) is 0 Å². The smallest absolute Gasteiger partial charge is 1.00 e. The van der Waals surface area contributed by atoms with E-state index in [0.29, 0.717) is 0 Å². The zero-order valence-electron chi connectivity index (χ0n) is 17.3. The van der Waals surface area contributed by atoms with Crippen molar-refractivity contribution in [2.45, 2.75) is 26.7 Å². The van der Waals surface area contributed by atoms with E-state index in [1.165, 1.54) is 51.5 Å². The van der Waals surface area contributed by atoms with Gasteiger partial charge in [0.25, 0.3) is 0 Å². The first-order valence-electron chi connectivity index (χ1n) is 9.70. The van der Waals surface area contributed by atoms with E-state index >= 15 is 0 Å². The van der Waals surface area contributed by atoms with Crippen LogP contribution in [-0.4, -0.2) is 4.57 Å². The van der Waals surface area contributed by atoms with E-state index in [9.17, 15) is 0 Å². The first-order chi connectivity index (χ1) is 13.3. The van der Waals surface area contributed by atoms with E-state index < -0.39 is 0 Å². The molecule has 0 spiro atoms. The Kier molecular flexibility index (Phi) is 10.8. The summed E-state index contributed by atoms with van der Waals surface area (Å²) in [4.78, 5) is 0. The summed E-state index contributed by atoms with van der Waals surface area (Å²) < 4.78 is 2.33. The van der Waals surface area contributed by atoms with Crippen molar-refractivity contribution in [3.63, 3.8) is 0 Å². The Morgan fingerprint density at radius 2 is 1.47 bits per heavy atom. The number of hydrogen-bond acceptors (Lipinski definition) is 0. The van der Waals surface area contributed by atoms with E-state index in [0.717, 1.165) is 0 Å². The fraction of sp³-hybridized carbons (Fsp3) is 0.154. The predicted molar refractivity (Wildman–Crippen MR) is 117 cm³/mol. The molecule has 0 fully saturated rings. The summed E-state index contributed by atoms with van der Waals surface area (Å²) in [6, 6.07) is 32.3. The second-order valence-electron chi connectivity index (χ2n) is 7.07. The molecule has 1 nitrogen and oxygen atoms in total. The third kappa shape index (κ3) is 5.75. The number of aryl methyl sites for hydroxylation is 2. The van der Waals surface area contributed by atoms with Crippen LogP contribution in [0.3, 0.4) is 0 Å². The van der Waals surface area contributed by atoms with E-state index in [1.54, 1.807) is 0 Å². The maximum atomic E-state index is 2.33. The SMILES string of the molecule is CCC[c-]1cccc1.Cc1cc2ccccc2n1-c1cc2ccccc2[cH-]1.[Cl-].[Cl-].[Hf+4]. The van der Waals surface area contributed by atoms with Crippen LogP contribution >= 0.6 is 0 Å². The standard InChI is InChI=1S/C18H14N.C8H11.2ClH.Hf/c1-13-10-16-8-4-5-9-18(16)19(13)17-11-14-6-2-3-7-15(14)12-17;1-2-5-8-6-3-4-7-8;;;/h2-12H,1H3;3-4,6-7H,2,5H2,1H3;2*1H;/q2*-1;;;+4/p-2. The fourth-order valence-electron chi connectivity index (χ4n) is 3.77. The van der Waals surface area contributed by atoms with Gasteiger partial charge in [-0.25, -0.2) is 12.1 Å². The van der Waals surface area contributed by atoms with Gasteiger partial charge in [0.2, 0.25) is 0 Å². The van der Waals surface area contributed by atoms with Gasteiger partial charge >= 0.3 is 25.8 Å². The van der Waals surface area contributed by atoms with Gasteiger partial charge in [-0.15, -0.1) is 41.1 Å². The quantitative estimate of drug-likeness (QED) is 0.217. The zero-order chi connectivity index (χ0) is 18.6. The molecule has 0 atom stereocenters. The molecular formula is C26H25Cl2HfN. The third-order valence-electron chi connectivity index (χ3n) is 5.03. The van der Waals surface area contributed by atoms with Gasteiger partial charge < -0.3 is 29.4 Å². The minimum Gasteiger partial charge on any atom is -1.00 e. The van der Waals surface area contributed by atoms with Crippen LogP contribution in [0.1, 0.15) is 24.6 Å². The average molecular weight is 601 g/mol. The van der Waals surface area contributed by atoms with Crippen LogP contribution in [0.5, 0.6) is 0 Å². The molecule has 0 radical (unpaired) electrons. The monoisotopic (exact) mass is 601 g/mol. The van der Waals surface area contributed by atoms with Gasteiger partial charge in [-0.3, -0.25) is 0 Å². The predicted octanol–water partition coefficient (Wildman–Crippen LogP) is 1.17. The van der Waals surface area contributed by atoms with Crippen molar-refractivity contribution in [2.24, 2.45) is 0 Å². The van der Waals surface area contributed by atoms with Crippen molar-refractivity contribution in [3.05, 3.63) is 102 Å². The van der Waals surface area contributed by atoms with Crippen molar-refractivity contribution < 1.29 is 50.7 Å². The van der Waals surface area contributed by atoms with Gasteiger partial charge in [0, 0.05) is 11.1 Å². The average Bonchev–Trinajstić information content (AvgIpc) is 3.39. The van der Waals surface area contributed by atoms with E-state index in [-0.39, 0.29) is 50.7 Å². The first-order valence-corrected chi connectivity index (χ1v) is 9.70. The summed E-state index contributed by atoms with van der Waals surface area (Å²) in [6.45, 7) is 4.37. The van der Waals surface area contributed by atoms with Crippen LogP contribution in [0.25, 0.3) is 27.4 Å². The molecule has 0 unspecified atom stereocenters. The number of fused-ring (bicyclic) bond motifs is 2. The van der Waals surface area contributed by atoms with Crippen LogP contribution in [0.4, 0.5) is 0 Å². The van der Waals surface area contributed by atoms with Crippen LogP contribution in [-0.2, 0) is 32.3 Å². The molecule has 4 heteroatoms. The Bertz CT molecular complexity index is 1120. The van der Waals surface area contributed by atoms with Gasteiger partial charge in [-0.05, 0) is 24.7 Å². The largest absolute Gasteiger partial charge is 4.00 e. The molecule has 0 bridgehead atoms. The maximum Gasteiger partial charge on any atom is 4.00 e. The van der Waals surface area contributed by atoms with E-state index in [4.69, 9.17) is 0 Å². The number of rotatable bonds is 3. The molecule has 1 aromatic heterocycles. The topological polar surface area (TPSA) is 4.93 Å². The maximum absolute atomic E-state index is 2.33. The number of halogens is 2. The Hall–Kier alpha value is -1.61. The molecule has 0 aliphatic rings. The van der Waals surface area contributed by atoms with Crippen LogP contribution < -0.4 is 24.8 Å². The van der Waals surface area contributed by atoms with Crippen LogP contribution in [0.15, 0.2) is 91.0 Å². The van der Waals surface area contributed by atoms with Gasteiger partial charge in [0.05, 0.1) is 5.52 Å². The summed E-state index contributed by atoms with van der Waals surface area (Å²) in [5, 5.41) is 3.90. The van der Waals surface area contributed by atoms with Crippen molar-refractivity contribution in [1.82, 2.24) is 4.57 Å². The van der Waals surface area contributed by atoms with Crippen molar-refractivity contribution in [3.8, 4) is 5.69 Å². The van der Waals surface area contributed by atoms with E-state index in [2.05, 4.69) is 109 Å². The first kappa shape index (κ1) is 26.4. The van der Waals surface area contributed by atoms with Crippen LogP contribution in [0, 0.1) is 6.92 Å². The van der Waals surface area contributed by atoms with Crippen molar-refractivity contribution in [1.29, 1.82) is 0 Å². The number of benzene rings is 2. The van der Waals surface area contributed by atoms with Gasteiger partial charge in [-0.2, -0.15) is 17.7 Å². The number of hydrogen-bond donors (Lipinski definition) is 0. The molecule has 5 aromatic rings. The molecule has 30 heavy (non-hydrogen) atoms. The number of para-hydroxylation sites is 1. The second kappa shape index (κ2) is 12.3. The van der Waals surface area contributed by atoms with Crippen LogP contribution in [0.2, 0.25) is 0 Å². The summed E-state index contributed by atoms with van der Waals surface area (Å²) in [5.74, 6) is 0. The molecular weight excluding hydrogens is 576 g/mol. The molecule has 5 rings (SSSR count). The normalized spacial score (nSPS) is 9.80. The number of aromatic nitrogens is 1. The summed E-state index contributed by atoms with van der Waals surface area (Å²) in [7, 11) is 0. The molecule has 0 N–H and O–H groups in total. The van der Waals surface area contributed by atoms with Crippen molar-refractivity contribution in [2.75, 3.05) is 0 Å². The number of nitrogens with zero attached hydrogens (tertiary/aromatic N) is 1. The van der Waals surface area contributed by atoms with Gasteiger partial charge in [-0.1, -0.05) is 44.0 Å². The molecule has 0 aliphatic carbocycles. The minimum atomic E-state index is 0. The Labute approximate surface area is 210 Å². The summed E-state index contributed by atoms with van der Waals surface area (Å²) >= 11 is 0. The van der Waals surface area contributed by atoms with Gasteiger partial charge in [0.1, 0.15) is 0 Å². The summed E-state index contributed by atoms with van der Waals surface area (Å²) in [5.41, 5.74) is 5.26. The van der Waals surface area contributed by atoms with Gasteiger partial charge in [0.15, 0.2) is 0 Å². The molecule has 1 heterocycles. The Balaban J connectivity index is 0.000000355. The summed E-state index contributed by atoms with van der Waals surface area (Å²) in [6.07, 6.45) is 2.48. The fourth-order valence-corrected chi connectivity index (χ4v) is 3.77. The molecule has 4 aromatic carbocycles. The minimum absolute atomic E-state index is 0.